The fourth-order valence-electron chi connectivity index (χ4n) is 2.69. The smallest absolute Gasteiger partial charge is 0.318 e. The van der Waals surface area contributed by atoms with E-state index in [0.717, 1.165) is 34.8 Å². The Hall–Kier alpha value is -1.95. The first-order chi connectivity index (χ1) is 10.2. The number of aryl methyl sites for hydroxylation is 1. The van der Waals surface area contributed by atoms with Crippen LogP contribution in [0.2, 0.25) is 0 Å². The second kappa shape index (κ2) is 6.22. The Morgan fingerprint density at radius 2 is 2.29 bits per heavy atom. The zero-order chi connectivity index (χ0) is 14.7. The van der Waals surface area contributed by atoms with E-state index in [9.17, 15) is 4.79 Å². The van der Waals surface area contributed by atoms with Crippen LogP contribution >= 0.6 is 11.3 Å². The van der Waals surface area contributed by atoms with E-state index in [0.29, 0.717) is 6.54 Å². The molecule has 0 saturated carbocycles. The van der Waals surface area contributed by atoms with Crippen LogP contribution in [0.15, 0.2) is 30.7 Å². The lowest BCUT2D eigenvalue weighted by Gasteiger charge is -2.25. The predicted molar refractivity (Wildman–Crippen MR) is 82.0 cm³/mol. The minimum Gasteiger partial charge on any atom is -0.333 e. The minimum absolute atomic E-state index is 0.000338. The molecule has 0 aromatic carbocycles. The van der Waals surface area contributed by atoms with E-state index in [4.69, 9.17) is 0 Å². The third-order valence-corrected chi connectivity index (χ3v) is 4.60. The molecule has 110 valence electrons. The number of nitrogens with zero attached hydrogens (tertiary/aromatic N) is 3. The van der Waals surface area contributed by atoms with Gasteiger partial charge in [0.2, 0.25) is 0 Å². The lowest BCUT2D eigenvalue weighted by atomic mass is 10.1. The molecule has 3 heterocycles. The molecule has 2 aromatic heterocycles. The van der Waals surface area contributed by atoms with Crippen molar-refractivity contribution in [3.8, 4) is 0 Å². The number of urea groups is 1. The predicted octanol–water partition coefficient (Wildman–Crippen LogP) is 2.89. The topological polar surface area (TPSA) is 58.1 Å². The van der Waals surface area contributed by atoms with Crippen molar-refractivity contribution in [3.05, 3.63) is 46.2 Å². The zero-order valence-corrected chi connectivity index (χ0v) is 12.8. The lowest BCUT2D eigenvalue weighted by Crippen LogP contribution is -2.39. The van der Waals surface area contributed by atoms with E-state index < -0.39 is 0 Å². The summed E-state index contributed by atoms with van der Waals surface area (Å²) >= 11 is 1.62. The molecule has 1 atom stereocenters. The average molecular weight is 302 g/mol. The molecular formula is C15H18N4OS. The van der Waals surface area contributed by atoms with Gasteiger partial charge >= 0.3 is 6.03 Å². The van der Waals surface area contributed by atoms with Crippen LogP contribution in [0.3, 0.4) is 0 Å². The van der Waals surface area contributed by atoms with Crippen molar-refractivity contribution in [1.82, 2.24) is 20.2 Å². The number of pyridine rings is 1. The Morgan fingerprint density at radius 1 is 1.48 bits per heavy atom. The summed E-state index contributed by atoms with van der Waals surface area (Å²) in [5, 5.41) is 4.02. The molecule has 1 aliphatic rings. The van der Waals surface area contributed by atoms with Gasteiger partial charge in [-0.15, -0.1) is 11.3 Å². The van der Waals surface area contributed by atoms with Crippen molar-refractivity contribution in [1.29, 1.82) is 0 Å². The van der Waals surface area contributed by atoms with E-state index in [1.807, 2.05) is 30.2 Å². The van der Waals surface area contributed by atoms with Crippen LogP contribution < -0.4 is 5.32 Å². The van der Waals surface area contributed by atoms with Gasteiger partial charge in [0.25, 0.3) is 0 Å². The average Bonchev–Trinajstić information content (AvgIpc) is 3.14. The minimum atomic E-state index is 0.000338. The first kappa shape index (κ1) is 14.0. The zero-order valence-electron chi connectivity index (χ0n) is 12.0. The molecule has 2 aromatic rings. The highest BCUT2D eigenvalue weighted by Crippen LogP contribution is 2.31. The van der Waals surface area contributed by atoms with Gasteiger partial charge < -0.3 is 10.2 Å². The highest BCUT2D eigenvalue weighted by Gasteiger charge is 2.29. The quantitative estimate of drug-likeness (QED) is 0.948. The molecule has 5 nitrogen and oxygen atoms in total. The van der Waals surface area contributed by atoms with E-state index in [-0.39, 0.29) is 12.1 Å². The number of amides is 2. The van der Waals surface area contributed by atoms with Gasteiger partial charge in [0.15, 0.2) is 0 Å². The number of carbonyl (C=O) groups is 1. The van der Waals surface area contributed by atoms with Gasteiger partial charge in [0.05, 0.1) is 17.6 Å². The number of carbonyl (C=O) groups excluding carboxylic acids is 1. The highest BCUT2D eigenvalue weighted by molar-refractivity contribution is 7.11. The molecular weight excluding hydrogens is 284 g/mol. The van der Waals surface area contributed by atoms with Gasteiger partial charge in [-0.05, 0) is 37.5 Å². The van der Waals surface area contributed by atoms with Gasteiger partial charge in [0.1, 0.15) is 0 Å². The SMILES string of the molecule is Cc1ncc(CNC(=O)N2CCCC2c2ccncc2)s1. The standard InChI is InChI=1S/C15H18N4OS/c1-11-17-9-13(21-11)10-18-15(20)19-8-2-3-14(19)12-4-6-16-7-5-12/h4-7,9,14H,2-3,8,10H2,1H3,(H,18,20). The molecule has 1 aliphatic heterocycles. The Bertz CT molecular complexity index is 613. The Kier molecular flexibility index (Phi) is 4.15. The molecule has 1 saturated heterocycles. The molecule has 1 fully saturated rings. The summed E-state index contributed by atoms with van der Waals surface area (Å²) in [6, 6.07) is 4.14. The normalized spacial score (nSPS) is 18.0. The summed E-state index contributed by atoms with van der Waals surface area (Å²) in [5.41, 5.74) is 1.16. The van der Waals surface area contributed by atoms with Crippen LogP contribution in [-0.2, 0) is 6.54 Å². The van der Waals surface area contributed by atoms with E-state index in [2.05, 4.69) is 15.3 Å². The van der Waals surface area contributed by atoms with E-state index >= 15 is 0 Å². The Labute approximate surface area is 128 Å². The highest BCUT2D eigenvalue weighted by atomic mass is 32.1. The fraction of sp³-hybridized carbons (Fsp3) is 0.400. The maximum atomic E-state index is 12.4. The number of thiazole rings is 1. The van der Waals surface area contributed by atoms with Gasteiger partial charge in [-0.1, -0.05) is 0 Å². The number of aromatic nitrogens is 2. The second-order valence-corrected chi connectivity index (χ2v) is 6.46. The number of hydrogen-bond acceptors (Lipinski definition) is 4. The van der Waals surface area contributed by atoms with Gasteiger partial charge in [-0.25, -0.2) is 9.78 Å². The number of likely N-dealkylation sites (tertiary alicyclic amines) is 1. The number of nitrogens with one attached hydrogen (secondary N) is 1. The largest absolute Gasteiger partial charge is 0.333 e. The second-order valence-electron chi connectivity index (χ2n) is 5.14. The Morgan fingerprint density at radius 3 is 3.00 bits per heavy atom. The van der Waals surface area contributed by atoms with Crippen LogP contribution in [0.1, 0.15) is 34.3 Å². The van der Waals surface area contributed by atoms with Crippen molar-refractivity contribution in [3.63, 3.8) is 0 Å². The summed E-state index contributed by atoms with van der Waals surface area (Å²) in [4.78, 5) is 23.6. The van der Waals surface area contributed by atoms with Crippen LogP contribution in [0, 0.1) is 6.92 Å². The molecule has 6 heteroatoms. The van der Waals surface area contributed by atoms with Crippen LogP contribution in [-0.4, -0.2) is 27.4 Å². The fourth-order valence-corrected chi connectivity index (χ4v) is 3.43. The summed E-state index contributed by atoms with van der Waals surface area (Å²) in [6.07, 6.45) is 7.44. The first-order valence-corrected chi connectivity index (χ1v) is 7.91. The molecule has 21 heavy (non-hydrogen) atoms. The molecule has 0 aliphatic carbocycles. The molecule has 0 spiro atoms. The van der Waals surface area contributed by atoms with Crippen molar-refractivity contribution in [2.75, 3.05) is 6.54 Å². The first-order valence-electron chi connectivity index (χ1n) is 7.10. The van der Waals surface area contributed by atoms with Crippen molar-refractivity contribution in [2.45, 2.75) is 32.4 Å². The summed E-state index contributed by atoms with van der Waals surface area (Å²) in [6.45, 7) is 3.32. The summed E-state index contributed by atoms with van der Waals surface area (Å²) < 4.78 is 0. The molecule has 2 amide bonds. The maximum absolute atomic E-state index is 12.4. The van der Waals surface area contributed by atoms with Crippen LogP contribution in [0.5, 0.6) is 0 Å². The van der Waals surface area contributed by atoms with Crippen molar-refractivity contribution in [2.24, 2.45) is 0 Å². The third-order valence-electron chi connectivity index (χ3n) is 3.69. The van der Waals surface area contributed by atoms with Crippen molar-refractivity contribution < 1.29 is 4.79 Å². The van der Waals surface area contributed by atoms with Gasteiger partial charge in [0, 0.05) is 30.0 Å². The van der Waals surface area contributed by atoms with Crippen LogP contribution in [0.25, 0.3) is 0 Å². The number of hydrogen-bond donors (Lipinski definition) is 1. The molecule has 0 bridgehead atoms. The summed E-state index contributed by atoms with van der Waals surface area (Å²) in [7, 11) is 0. The summed E-state index contributed by atoms with van der Waals surface area (Å²) in [5.74, 6) is 0. The monoisotopic (exact) mass is 302 g/mol. The van der Waals surface area contributed by atoms with E-state index in [1.54, 1.807) is 23.7 Å². The molecule has 0 radical (unpaired) electrons. The van der Waals surface area contributed by atoms with Gasteiger partial charge in [-0.2, -0.15) is 0 Å². The Balaban J connectivity index is 1.63. The molecule has 1 unspecified atom stereocenters. The molecule has 3 rings (SSSR count). The van der Waals surface area contributed by atoms with Crippen LogP contribution in [0.4, 0.5) is 4.79 Å². The maximum Gasteiger partial charge on any atom is 0.318 e. The van der Waals surface area contributed by atoms with Crippen molar-refractivity contribution >= 4 is 17.4 Å². The number of rotatable bonds is 3. The van der Waals surface area contributed by atoms with Gasteiger partial charge in [-0.3, -0.25) is 4.98 Å². The lowest BCUT2D eigenvalue weighted by molar-refractivity contribution is 0.192. The van der Waals surface area contributed by atoms with E-state index in [1.165, 1.54) is 0 Å². The molecule has 1 N–H and O–H groups in total. The third kappa shape index (κ3) is 3.21.